The van der Waals surface area contributed by atoms with Crippen molar-refractivity contribution < 1.29 is 27.5 Å². The number of sulfonamides is 1. The molecule has 0 radical (unpaired) electrons. The van der Waals surface area contributed by atoms with Crippen LogP contribution in [0.25, 0.3) is 0 Å². The standard InChI is InChI=1S/C19H26N2O6S/c1-14-5-6-17(15(2)12-14)28(24,25)21-9-7-20(8-10-21)18(22)13-27-19(23)16-4-3-11-26-16/h5-6,12,16H,3-4,7-11,13H2,1-2H3/t16-/m0/s1. The first kappa shape index (κ1) is 20.8. The van der Waals surface area contributed by atoms with E-state index < -0.39 is 22.1 Å². The van der Waals surface area contributed by atoms with Gasteiger partial charge in [0.05, 0.1) is 4.90 Å². The summed E-state index contributed by atoms with van der Waals surface area (Å²) >= 11 is 0. The molecule has 2 heterocycles. The number of amides is 1. The number of hydrogen-bond acceptors (Lipinski definition) is 6. The lowest BCUT2D eigenvalue weighted by atomic mass is 10.2. The van der Waals surface area contributed by atoms with E-state index in [1.807, 2.05) is 13.0 Å². The molecule has 3 rings (SSSR count). The van der Waals surface area contributed by atoms with Gasteiger partial charge in [-0.2, -0.15) is 4.31 Å². The van der Waals surface area contributed by atoms with Crippen LogP contribution in [0, 0.1) is 13.8 Å². The van der Waals surface area contributed by atoms with E-state index in [1.54, 1.807) is 19.1 Å². The first-order chi connectivity index (χ1) is 13.3. The summed E-state index contributed by atoms with van der Waals surface area (Å²) in [7, 11) is -3.60. The number of piperazine rings is 1. The third-order valence-corrected chi connectivity index (χ3v) is 7.13. The predicted molar refractivity (Wildman–Crippen MR) is 101 cm³/mol. The lowest BCUT2D eigenvalue weighted by Crippen LogP contribution is -2.51. The molecular formula is C19H26N2O6S. The lowest BCUT2D eigenvalue weighted by Gasteiger charge is -2.34. The van der Waals surface area contributed by atoms with Crippen molar-refractivity contribution in [1.29, 1.82) is 0 Å². The van der Waals surface area contributed by atoms with Crippen molar-refractivity contribution in [1.82, 2.24) is 9.21 Å². The number of esters is 1. The minimum atomic E-state index is -3.60. The second kappa shape index (κ2) is 8.59. The molecule has 0 bridgehead atoms. The normalized spacial score (nSPS) is 20.9. The zero-order chi connectivity index (χ0) is 20.3. The monoisotopic (exact) mass is 410 g/mol. The quantitative estimate of drug-likeness (QED) is 0.669. The highest BCUT2D eigenvalue weighted by atomic mass is 32.2. The zero-order valence-electron chi connectivity index (χ0n) is 16.2. The third kappa shape index (κ3) is 4.53. The summed E-state index contributed by atoms with van der Waals surface area (Å²) in [4.78, 5) is 25.9. The van der Waals surface area contributed by atoms with Gasteiger partial charge >= 0.3 is 5.97 Å². The molecule has 1 aromatic carbocycles. The minimum absolute atomic E-state index is 0.209. The number of aryl methyl sites for hydroxylation is 2. The molecule has 0 spiro atoms. The molecule has 154 valence electrons. The van der Waals surface area contributed by atoms with Crippen LogP contribution >= 0.6 is 0 Å². The van der Waals surface area contributed by atoms with Crippen LogP contribution in [0.2, 0.25) is 0 Å². The van der Waals surface area contributed by atoms with E-state index >= 15 is 0 Å². The van der Waals surface area contributed by atoms with E-state index in [9.17, 15) is 18.0 Å². The van der Waals surface area contributed by atoms with Gasteiger partial charge in [-0.25, -0.2) is 13.2 Å². The Kier molecular flexibility index (Phi) is 6.36. The summed E-state index contributed by atoms with van der Waals surface area (Å²) in [6, 6.07) is 5.25. The molecule has 2 aliphatic heterocycles. The molecule has 1 aromatic rings. The van der Waals surface area contributed by atoms with Gasteiger partial charge in [-0.3, -0.25) is 4.79 Å². The second-order valence-electron chi connectivity index (χ2n) is 7.16. The molecule has 8 nitrogen and oxygen atoms in total. The molecule has 28 heavy (non-hydrogen) atoms. The van der Waals surface area contributed by atoms with E-state index in [-0.39, 0.29) is 38.7 Å². The van der Waals surface area contributed by atoms with E-state index in [4.69, 9.17) is 9.47 Å². The largest absolute Gasteiger partial charge is 0.454 e. The average Bonchev–Trinajstić information content (AvgIpc) is 3.20. The molecule has 0 aromatic heterocycles. The number of rotatable bonds is 5. The molecule has 0 saturated carbocycles. The van der Waals surface area contributed by atoms with Gasteiger partial charge in [0.15, 0.2) is 12.7 Å². The molecular weight excluding hydrogens is 384 g/mol. The minimum Gasteiger partial charge on any atom is -0.454 e. The van der Waals surface area contributed by atoms with Gasteiger partial charge in [0, 0.05) is 32.8 Å². The molecule has 0 N–H and O–H groups in total. The number of carbonyl (C=O) groups excluding carboxylic acids is 2. The van der Waals surface area contributed by atoms with Crippen LogP contribution in [-0.4, -0.2) is 75.0 Å². The maximum atomic E-state index is 12.9. The zero-order valence-corrected chi connectivity index (χ0v) is 17.0. The Bertz CT molecular complexity index is 840. The van der Waals surface area contributed by atoms with Crippen molar-refractivity contribution in [2.75, 3.05) is 39.4 Å². The Morgan fingerprint density at radius 3 is 2.50 bits per heavy atom. The number of benzene rings is 1. The van der Waals surface area contributed by atoms with Crippen molar-refractivity contribution in [3.8, 4) is 0 Å². The van der Waals surface area contributed by atoms with Crippen LogP contribution in [0.3, 0.4) is 0 Å². The van der Waals surface area contributed by atoms with Gasteiger partial charge in [-0.1, -0.05) is 17.7 Å². The molecule has 9 heteroatoms. The first-order valence-electron chi connectivity index (χ1n) is 9.42. The van der Waals surface area contributed by atoms with E-state index in [0.717, 1.165) is 12.0 Å². The molecule has 0 unspecified atom stereocenters. The van der Waals surface area contributed by atoms with E-state index in [2.05, 4.69) is 0 Å². The molecule has 0 aliphatic carbocycles. The van der Waals surface area contributed by atoms with Crippen molar-refractivity contribution in [3.05, 3.63) is 29.3 Å². The van der Waals surface area contributed by atoms with Crippen molar-refractivity contribution in [2.45, 2.75) is 37.7 Å². The Morgan fingerprint density at radius 1 is 1.18 bits per heavy atom. The summed E-state index contributed by atoms with van der Waals surface area (Å²) in [5, 5.41) is 0. The third-order valence-electron chi connectivity index (χ3n) is 5.07. The van der Waals surface area contributed by atoms with Crippen LogP contribution in [0.15, 0.2) is 23.1 Å². The molecule has 2 aliphatic rings. The van der Waals surface area contributed by atoms with Gasteiger partial charge in [0.1, 0.15) is 0 Å². The van der Waals surface area contributed by atoms with Gasteiger partial charge < -0.3 is 14.4 Å². The fourth-order valence-corrected chi connectivity index (χ4v) is 5.11. The fourth-order valence-electron chi connectivity index (χ4n) is 3.49. The smallest absolute Gasteiger partial charge is 0.335 e. The number of carbonyl (C=O) groups is 2. The van der Waals surface area contributed by atoms with Gasteiger partial charge in [-0.05, 0) is 38.3 Å². The summed E-state index contributed by atoms with van der Waals surface area (Å²) in [5.41, 5.74) is 1.71. The summed E-state index contributed by atoms with van der Waals surface area (Å²) in [6.07, 6.45) is 0.847. The predicted octanol–water partition coefficient (Wildman–Crippen LogP) is 0.859. The highest BCUT2D eigenvalue weighted by molar-refractivity contribution is 7.89. The topological polar surface area (TPSA) is 93.2 Å². The summed E-state index contributed by atoms with van der Waals surface area (Å²) in [6.45, 7) is 4.83. The van der Waals surface area contributed by atoms with E-state index in [0.29, 0.717) is 23.5 Å². The molecule has 2 fully saturated rings. The summed E-state index contributed by atoms with van der Waals surface area (Å²) < 4.78 is 37.5. The maximum Gasteiger partial charge on any atom is 0.335 e. The lowest BCUT2D eigenvalue weighted by molar-refractivity contribution is -0.160. The van der Waals surface area contributed by atoms with Gasteiger partial charge in [-0.15, -0.1) is 0 Å². The Hall–Kier alpha value is -1.97. The van der Waals surface area contributed by atoms with Crippen molar-refractivity contribution in [3.63, 3.8) is 0 Å². The Morgan fingerprint density at radius 2 is 1.89 bits per heavy atom. The highest BCUT2D eigenvalue weighted by Gasteiger charge is 2.32. The van der Waals surface area contributed by atoms with Crippen LogP contribution in [-0.2, 0) is 29.1 Å². The highest BCUT2D eigenvalue weighted by Crippen LogP contribution is 2.22. The van der Waals surface area contributed by atoms with Gasteiger partial charge in [0.2, 0.25) is 10.0 Å². The number of hydrogen-bond donors (Lipinski definition) is 0. The number of nitrogens with zero attached hydrogens (tertiary/aromatic N) is 2. The summed E-state index contributed by atoms with van der Waals surface area (Å²) in [5.74, 6) is -0.836. The maximum absolute atomic E-state index is 12.9. The number of ether oxygens (including phenoxy) is 2. The second-order valence-corrected chi connectivity index (χ2v) is 9.07. The SMILES string of the molecule is Cc1ccc(S(=O)(=O)N2CCN(C(=O)COC(=O)[C@@H]3CCCO3)CC2)c(C)c1. The first-order valence-corrected chi connectivity index (χ1v) is 10.9. The van der Waals surface area contributed by atoms with Crippen LogP contribution < -0.4 is 0 Å². The van der Waals surface area contributed by atoms with Crippen molar-refractivity contribution in [2.24, 2.45) is 0 Å². The molecule has 2 saturated heterocycles. The molecule has 1 atom stereocenters. The van der Waals surface area contributed by atoms with Crippen molar-refractivity contribution >= 4 is 21.9 Å². The Balaban J connectivity index is 1.53. The van der Waals surface area contributed by atoms with Crippen LogP contribution in [0.4, 0.5) is 0 Å². The van der Waals surface area contributed by atoms with Crippen LogP contribution in [0.1, 0.15) is 24.0 Å². The Labute approximate surface area is 165 Å². The average molecular weight is 410 g/mol. The van der Waals surface area contributed by atoms with Gasteiger partial charge in [0.25, 0.3) is 5.91 Å². The fraction of sp³-hybridized carbons (Fsp3) is 0.579. The van der Waals surface area contributed by atoms with Crippen LogP contribution in [0.5, 0.6) is 0 Å². The van der Waals surface area contributed by atoms with E-state index in [1.165, 1.54) is 9.21 Å². The molecule has 1 amide bonds.